The first-order chi connectivity index (χ1) is 12.7. The molecule has 1 rings (SSSR count). The Morgan fingerprint density at radius 2 is 1.93 bits per heavy atom. The number of likely N-dealkylation sites (N-methyl/N-ethyl adjacent to an activating group) is 1. The van der Waals surface area contributed by atoms with E-state index < -0.39 is 11.7 Å². The van der Waals surface area contributed by atoms with Gasteiger partial charge in [-0.15, -0.1) is 0 Å². The van der Waals surface area contributed by atoms with Crippen LogP contribution in [0.1, 0.15) is 45.8 Å². The van der Waals surface area contributed by atoms with Crippen molar-refractivity contribution in [2.24, 2.45) is 4.99 Å². The summed E-state index contributed by atoms with van der Waals surface area (Å²) in [5, 5.41) is 16.5. The number of aliphatic hydroxyl groups excluding tert-OH is 1. The zero-order chi connectivity index (χ0) is 20.3. The minimum Gasteiger partial charge on any atom is -0.444 e. The number of hydrogen-bond acceptors (Lipinski definition) is 4. The number of hydrogen-bond donors (Lipinski definition) is 3. The lowest BCUT2D eigenvalue weighted by Crippen LogP contribution is -2.43. The fourth-order valence-corrected chi connectivity index (χ4v) is 2.26. The number of amides is 1. The van der Waals surface area contributed by atoms with Crippen molar-refractivity contribution >= 4 is 12.1 Å². The highest BCUT2D eigenvalue weighted by Crippen LogP contribution is 2.15. The van der Waals surface area contributed by atoms with Crippen LogP contribution in [-0.4, -0.2) is 60.9 Å². The number of nitrogens with zero attached hydrogens (tertiary/aromatic N) is 2. The van der Waals surface area contributed by atoms with Gasteiger partial charge in [0.15, 0.2) is 5.96 Å². The maximum Gasteiger partial charge on any atom is 0.410 e. The second-order valence-corrected chi connectivity index (χ2v) is 7.30. The lowest BCUT2D eigenvalue weighted by atomic mass is 10.1. The van der Waals surface area contributed by atoms with Gasteiger partial charge >= 0.3 is 6.09 Å². The summed E-state index contributed by atoms with van der Waals surface area (Å²) in [5.74, 6) is 0.662. The van der Waals surface area contributed by atoms with Crippen molar-refractivity contribution in [3.8, 4) is 0 Å². The molecule has 152 valence electrons. The standard InChI is InChI=1S/C20H34N4O3/c1-6-21-18(22-13-12-17(25)16-10-8-7-9-11-16)23-14-15-24(5)19(26)27-20(2,3)4/h7-11,17,25H,6,12-15H2,1-5H3,(H2,21,22,23). The summed E-state index contributed by atoms with van der Waals surface area (Å²) >= 11 is 0. The molecule has 0 saturated heterocycles. The van der Waals surface area contributed by atoms with Crippen LogP contribution in [0, 0.1) is 0 Å². The van der Waals surface area contributed by atoms with E-state index in [4.69, 9.17) is 4.74 Å². The Labute approximate surface area is 162 Å². The summed E-state index contributed by atoms with van der Waals surface area (Å²) in [5.41, 5.74) is 0.388. The van der Waals surface area contributed by atoms with Crippen LogP contribution in [0.5, 0.6) is 0 Å². The molecule has 0 bridgehead atoms. The second-order valence-electron chi connectivity index (χ2n) is 7.30. The Morgan fingerprint density at radius 1 is 1.26 bits per heavy atom. The van der Waals surface area contributed by atoms with Gasteiger partial charge in [0.2, 0.25) is 0 Å². The smallest absolute Gasteiger partial charge is 0.410 e. The van der Waals surface area contributed by atoms with E-state index in [1.54, 1.807) is 7.05 Å². The average Bonchev–Trinajstić information content (AvgIpc) is 2.60. The third-order valence-corrected chi connectivity index (χ3v) is 3.65. The first kappa shape index (κ1) is 22.8. The van der Waals surface area contributed by atoms with Crippen molar-refractivity contribution in [3.05, 3.63) is 35.9 Å². The summed E-state index contributed by atoms with van der Waals surface area (Å²) in [4.78, 5) is 18.0. The van der Waals surface area contributed by atoms with Gasteiger partial charge in [0.1, 0.15) is 5.60 Å². The van der Waals surface area contributed by atoms with Gasteiger partial charge in [0.25, 0.3) is 0 Å². The van der Waals surface area contributed by atoms with E-state index >= 15 is 0 Å². The second kappa shape index (κ2) is 11.4. The van der Waals surface area contributed by atoms with E-state index in [2.05, 4.69) is 15.6 Å². The van der Waals surface area contributed by atoms with Crippen LogP contribution in [0.2, 0.25) is 0 Å². The Balaban J connectivity index is 2.42. The fraction of sp³-hybridized carbons (Fsp3) is 0.600. The van der Waals surface area contributed by atoms with Crippen LogP contribution in [0.15, 0.2) is 35.3 Å². The Kier molecular flexibility index (Phi) is 9.64. The predicted molar refractivity (Wildman–Crippen MR) is 109 cm³/mol. The highest BCUT2D eigenvalue weighted by atomic mass is 16.6. The van der Waals surface area contributed by atoms with Crippen molar-refractivity contribution in [1.82, 2.24) is 15.5 Å². The first-order valence-electron chi connectivity index (χ1n) is 9.42. The molecule has 0 saturated carbocycles. The number of rotatable bonds is 8. The van der Waals surface area contributed by atoms with Gasteiger partial charge in [-0.25, -0.2) is 4.79 Å². The molecular weight excluding hydrogens is 344 g/mol. The van der Waals surface area contributed by atoms with Crippen LogP contribution in [-0.2, 0) is 4.74 Å². The molecule has 7 nitrogen and oxygen atoms in total. The van der Waals surface area contributed by atoms with Crippen LogP contribution >= 0.6 is 0 Å². The number of guanidine groups is 1. The van der Waals surface area contributed by atoms with E-state index in [1.165, 1.54) is 4.90 Å². The van der Waals surface area contributed by atoms with E-state index in [0.717, 1.165) is 12.1 Å². The molecule has 0 aromatic heterocycles. The molecule has 0 radical (unpaired) electrons. The lowest BCUT2D eigenvalue weighted by molar-refractivity contribution is 0.0302. The molecule has 1 aromatic carbocycles. The highest BCUT2D eigenvalue weighted by molar-refractivity contribution is 5.79. The van der Waals surface area contributed by atoms with Crippen LogP contribution in [0.3, 0.4) is 0 Å². The first-order valence-corrected chi connectivity index (χ1v) is 9.42. The van der Waals surface area contributed by atoms with Gasteiger partial charge in [0, 0.05) is 33.2 Å². The molecule has 0 heterocycles. The molecule has 27 heavy (non-hydrogen) atoms. The quantitative estimate of drug-likeness (QED) is 0.478. The molecule has 1 amide bonds. The molecule has 0 aliphatic heterocycles. The summed E-state index contributed by atoms with van der Waals surface area (Å²) in [7, 11) is 1.70. The third kappa shape index (κ3) is 9.84. The van der Waals surface area contributed by atoms with Gasteiger partial charge in [-0.2, -0.15) is 0 Å². The van der Waals surface area contributed by atoms with E-state index in [-0.39, 0.29) is 6.09 Å². The van der Waals surface area contributed by atoms with Gasteiger partial charge < -0.3 is 25.4 Å². The molecule has 1 unspecified atom stereocenters. The Hall–Kier alpha value is -2.28. The molecule has 0 aliphatic rings. The van der Waals surface area contributed by atoms with Crippen LogP contribution < -0.4 is 10.6 Å². The SMILES string of the molecule is CCNC(=NCCC(O)c1ccccc1)NCCN(C)C(=O)OC(C)(C)C. The van der Waals surface area contributed by atoms with Crippen molar-refractivity contribution in [2.75, 3.05) is 33.2 Å². The predicted octanol–water partition coefficient (Wildman–Crippen LogP) is 2.53. The molecule has 0 fully saturated rings. The van der Waals surface area contributed by atoms with E-state index in [9.17, 15) is 9.90 Å². The lowest BCUT2D eigenvalue weighted by Gasteiger charge is -2.25. The maximum atomic E-state index is 11.9. The summed E-state index contributed by atoms with van der Waals surface area (Å²) < 4.78 is 5.32. The topological polar surface area (TPSA) is 86.2 Å². The van der Waals surface area contributed by atoms with Gasteiger partial charge in [-0.05, 0) is 39.7 Å². The van der Waals surface area contributed by atoms with Crippen LogP contribution in [0.4, 0.5) is 4.79 Å². The number of aliphatic imine (C=N–C) groups is 1. The van der Waals surface area contributed by atoms with Gasteiger partial charge in [0.05, 0.1) is 6.10 Å². The molecule has 1 atom stereocenters. The minimum absolute atomic E-state index is 0.350. The van der Waals surface area contributed by atoms with Crippen LogP contribution in [0.25, 0.3) is 0 Å². The van der Waals surface area contributed by atoms with Crippen molar-refractivity contribution in [2.45, 2.75) is 45.8 Å². The normalized spacial score (nSPS) is 13.0. The number of carbonyl (C=O) groups is 1. The summed E-state index contributed by atoms with van der Waals surface area (Å²) in [6.45, 7) is 9.78. The number of ether oxygens (including phenoxy) is 1. The molecule has 7 heteroatoms. The molecule has 0 aliphatic carbocycles. The van der Waals surface area contributed by atoms with Crippen molar-refractivity contribution in [1.29, 1.82) is 0 Å². The number of nitrogens with one attached hydrogen (secondary N) is 2. The van der Waals surface area contributed by atoms with Crippen molar-refractivity contribution < 1.29 is 14.6 Å². The Morgan fingerprint density at radius 3 is 2.52 bits per heavy atom. The maximum absolute atomic E-state index is 11.9. The van der Waals surface area contributed by atoms with Gasteiger partial charge in [-0.3, -0.25) is 4.99 Å². The number of carbonyl (C=O) groups excluding carboxylic acids is 1. The molecule has 1 aromatic rings. The molecule has 3 N–H and O–H groups in total. The zero-order valence-corrected chi connectivity index (χ0v) is 17.2. The van der Waals surface area contributed by atoms with E-state index in [0.29, 0.717) is 32.0 Å². The monoisotopic (exact) mass is 378 g/mol. The number of aliphatic hydroxyl groups is 1. The van der Waals surface area contributed by atoms with Crippen molar-refractivity contribution in [3.63, 3.8) is 0 Å². The minimum atomic E-state index is -0.531. The highest BCUT2D eigenvalue weighted by Gasteiger charge is 2.19. The van der Waals surface area contributed by atoms with E-state index in [1.807, 2.05) is 58.0 Å². The summed E-state index contributed by atoms with van der Waals surface area (Å²) in [6.07, 6.45) is -0.341. The summed E-state index contributed by atoms with van der Waals surface area (Å²) in [6, 6.07) is 9.56. The zero-order valence-electron chi connectivity index (χ0n) is 17.2. The van der Waals surface area contributed by atoms with Gasteiger partial charge in [-0.1, -0.05) is 30.3 Å². The molecular formula is C20H34N4O3. The fourth-order valence-electron chi connectivity index (χ4n) is 2.26. The number of benzene rings is 1. The largest absolute Gasteiger partial charge is 0.444 e. The molecule has 0 spiro atoms. The third-order valence-electron chi connectivity index (χ3n) is 3.65. The average molecular weight is 379 g/mol. The Bertz CT molecular complexity index is 585.